The highest BCUT2D eigenvalue weighted by Crippen LogP contribution is 2.55. The number of phenolic OH excluding ortho intramolecular Hbond substituents is 1. The Morgan fingerprint density at radius 1 is 1.12 bits per heavy atom. The standard InChI is InChI=1S/C15H22O/c1-11-6-7-12(13(16)10-11)15(4)9-5-8-14(15,2)3/h6-7,10,16H,5,8-9H2,1-4H3/t15-/m0/s1. The molecule has 1 N–H and O–H groups in total. The van der Waals surface area contributed by atoms with Gasteiger partial charge in [0.2, 0.25) is 0 Å². The van der Waals surface area contributed by atoms with Crippen LogP contribution in [0, 0.1) is 12.3 Å². The van der Waals surface area contributed by atoms with Crippen molar-refractivity contribution in [3.8, 4) is 5.75 Å². The maximum Gasteiger partial charge on any atom is 0.119 e. The van der Waals surface area contributed by atoms with E-state index in [4.69, 9.17) is 0 Å². The van der Waals surface area contributed by atoms with Gasteiger partial charge in [-0.1, -0.05) is 39.3 Å². The summed E-state index contributed by atoms with van der Waals surface area (Å²) in [6, 6.07) is 6.10. The van der Waals surface area contributed by atoms with Crippen LogP contribution in [0.25, 0.3) is 0 Å². The summed E-state index contributed by atoms with van der Waals surface area (Å²) < 4.78 is 0. The summed E-state index contributed by atoms with van der Waals surface area (Å²) in [5.74, 6) is 0.470. The highest BCUT2D eigenvalue weighted by molar-refractivity contribution is 5.43. The number of rotatable bonds is 1. The molecular formula is C15H22O. The van der Waals surface area contributed by atoms with Crippen LogP contribution in [0.4, 0.5) is 0 Å². The number of phenols is 1. The third-order valence-corrected chi connectivity index (χ3v) is 4.72. The van der Waals surface area contributed by atoms with Crippen molar-refractivity contribution in [2.45, 2.75) is 52.4 Å². The number of hydrogen-bond donors (Lipinski definition) is 1. The van der Waals surface area contributed by atoms with Gasteiger partial charge in [-0.3, -0.25) is 0 Å². The fraction of sp³-hybridized carbons (Fsp3) is 0.600. The molecule has 1 aromatic carbocycles. The first-order valence-corrected chi connectivity index (χ1v) is 6.17. The van der Waals surface area contributed by atoms with Gasteiger partial charge in [0.1, 0.15) is 5.75 Å². The Kier molecular flexibility index (Phi) is 2.52. The molecule has 0 heterocycles. The Labute approximate surface area is 98.5 Å². The van der Waals surface area contributed by atoms with Crippen LogP contribution in [0.3, 0.4) is 0 Å². The van der Waals surface area contributed by atoms with Crippen molar-refractivity contribution in [1.82, 2.24) is 0 Å². The second-order valence-corrected chi connectivity index (χ2v) is 6.09. The minimum absolute atomic E-state index is 0.116. The lowest BCUT2D eigenvalue weighted by Crippen LogP contribution is -2.34. The molecule has 88 valence electrons. The van der Waals surface area contributed by atoms with E-state index in [1.807, 2.05) is 13.0 Å². The fourth-order valence-corrected chi connectivity index (χ4v) is 3.11. The van der Waals surface area contributed by atoms with E-state index in [-0.39, 0.29) is 10.8 Å². The van der Waals surface area contributed by atoms with E-state index in [2.05, 4.69) is 32.9 Å². The quantitative estimate of drug-likeness (QED) is 0.750. The summed E-state index contributed by atoms with van der Waals surface area (Å²) in [5, 5.41) is 10.1. The summed E-state index contributed by atoms with van der Waals surface area (Å²) in [5.41, 5.74) is 2.64. The van der Waals surface area contributed by atoms with E-state index in [0.29, 0.717) is 5.75 Å². The van der Waals surface area contributed by atoms with Crippen molar-refractivity contribution in [3.05, 3.63) is 29.3 Å². The van der Waals surface area contributed by atoms with Crippen molar-refractivity contribution >= 4 is 0 Å². The Balaban J connectivity index is 2.51. The Hall–Kier alpha value is -0.980. The zero-order valence-electron chi connectivity index (χ0n) is 10.8. The van der Waals surface area contributed by atoms with Crippen LogP contribution in [0.2, 0.25) is 0 Å². The van der Waals surface area contributed by atoms with E-state index >= 15 is 0 Å². The Morgan fingerprint density at radius 3 is 2.31 bits per heavy atom. The van der Waals surface area contributed by atoms with Gasteiger partial charge < -0.3 is 5.11 Å². The summed E-state index contributed by atoms with van der Waals surface area (Å²) in [7, 11) is 0. The third-order valence-electron chi connectivity index (χ3n) is 4.72. The summed E-state index contributed by atoms with van der Waals surface area (Å²) >= 11 is 0. The topological polar surface area (TPSA) is 20.2 Å². The lowest BCUT2D eigenvalue weighted by atomic mass is 9.65. The first kappa shape index (κ1) is 11.5. The Morgan fingerprint density at radius 2 is 1.81 bits per heavy atom. The van der Waals surface area contributed by atoms with Gasteiger partial charge in [0, 0.05) is 11.0 Å². The third kappa shape index (κ3) is 1.53. The van der Waals surface area contributed by atoms with Crippen molar-refractivity contribution in [2.75, 3.05) is 0 Å². The molecule has 1 heteroatoms. The first-order valence-electron chi connectivity index (χ1n) is 6.17. The molecule has 0 amide bonds. The molecule has 16 heavy (non-hydrogen) atoms. The average Bonchev–Trinajstić information content (AvgIpc) is 2.41. The van der Waals surface area contributed by atoms with Crippen LogP contribution in [0.15, 0.2) is 18.2 Å². The maximum absolute atomic E-state index is 10.1. The van der Waals surface area contributed by atoms with E-state index in [0.717, 1.165) is 11.1 Å². The normalized spacial score (nSPS) is 28.2. The van der Waals surface area contributed by atoms with Gasteiger partial charge in [0.25, 0.3) is 0 Å². The smallest absolute Gasteiger partial charge is 0.119 e. The number of aromatic hydroxyl groups is 1. The molecule has 0 bridgehead atoms. The van der Waals surface area contributed by atoms with Gasteiger partial charge >= 0.3 is 0 Å². The van der Waals surface area contributed by atoms with Crippen molar-refractivity contribution in [2.24, 2.45) is 5.41 Å². The molecule has 1 saturated carbocycles. The average molecular weight is 218 g/mol. The van der Waals surface area contributed by atoms with Crippen LogP contribution in [0.5, 0.6) is 5.75 Å². The maximum atomic E-state index is 10.1. The Bertz CT molecular complexity index is 406. The first-order chi connectivity index (χ1) is 7.37. The van der Waals surface area contributed by atoms with Crippen LogP contribution in [0.1, 0.15) is 51.2 Å². The molecule has 1 aliphatic carbocycles. The molecule has 0 saturated heterocycles. The highest BCUT2D eigenvalue weighted by atomic mass is 16.3. The molecule has 0 unspecified atom stereocenters. The predicted octanol–water partition coefficient (Wildman–Crippen LogP) is 4.17. The number of aryl methyl sites for hydroxylation is 1. The second kappa shape index (κ2) is 3.51. The molecular weight excluding hydrogens is 196 g/mol. The van der Waals surface area contributed by atoms with Crippen LogP contribution < -0.4 is 0 Å². The van der Waals surface area contributed by atoms with Crippen molar-refractivity contribution < 1.29 is 5.11 Å². The lowest BCUT2D eigenvalue weighted by molar-refractivity contribution is 0.219. The SMILES string of the molecule is Cc1ccc([C@]2(C)CCCC2(C)C)c(O)c1. The van der Waals surface area contributed by atoms with Crippen LogP contribution in [-0.2, 0) is 5.41 Å². The predicted molar refractivity (Wildman–Crippen MR) is 67.8 cm³/mol. The minimum atomic E-state index is 0.116. The summed E-state index contributed by atoms with van der Waals surface area (Å²) in [6.07, 6.45) is 3.68. The fourth-order valence-electron chi connectivity index (χ4n) is 3.11. The molecule has 1 fully saturated rings. The number of benzene rings is 1. The van der Waals surface area contributed by atoms with Crippen molar-refractivity contribution in [3.63, 3.8) is 0 Å². The molecule has 0 aliphatic heterocycles. The van der Waals surface area contributed by atoms with Gasteiger partial charge in [0.15, 0.2) is 0 Å². The van der Waals surface area contributed by atoms with Crippen LogP contribution >= 0.6 is 0 Å². The molecule has 0 aromatic heterocycles. The second-order valence-electron chi connectivity index (χ2n) is 6.09. The number of hydrogen-bond acceptors (Lipinski definition) is 1. The van der Waals surface area contributed by atoms with E-state index in [9.17, 15) is 5.11 Å². The molecule has 1 nitrogen and oxygen atoms in total. The van der Waals surface area contributed by atoms with E-state index in [1.54, 1.807) is 0 Å². The molecule has 1 aliphatic rings. The van der Waals surface area contributed by atoms with Gasteiger partial charge in [0.05, 0.1) is 0 Å². The zero-order chi connectivity index (χ0) is 12.0. The van der Waals surface area contributed by atoms with E-state index in [1.165, 1.54) is 19.3 Å². The molecule has 0 spiro atoms. The van der Waals surface area contributed by atoms with Crippen molar-refractivity contribution in [1.29, 1.82) is 0 Å². The molecule has 1 aromatic rings. The zero-order valence-corrected chi connectivity index (χ0v) is 10.8. The van der Waals surface area contributed by atoms with Crippen LogP contribution in [-0.4, -0.2) is 5.11 Å². The van der Waals surface area contributed by atoms with Gasteiger partial charge in [-0.25, -0.2) is 0 Å². The summed E-state index contributed by atoms with van der Waals surface area (Å²) in [4.78, 5) is 0. The monoisotopic (exact) mass is 218 g/mol. The molecule has 1 atom stereocenters. The van der Waals surface area contributed by atoms with Gasteiger partial charge in [-0.15, -0.1) is 0 Å². The lowest BCUT2D eigenvalue weighted by Gasteiger charge is -2.39. The van der Waals surface area contributed by atoms with Gasteiger partial charge in [-0.2, -0.15) is 0 Å². The van der Waals surface area contributed by atoms with E-state index < -0.39 is 0 Å². The molecule has 2 rings (SSSR count). The molecule has 0 radical (unpaired) electrons. The minimum Gasteiger partial charge on any atom is -0.508 e. The largest absolute Gasteiger partial charge is 0.508 e. The highest BCUT2D eigenvalue weighted by Gasteiger charge is 2.47. The van der Waals surface area contributed by atoms with Gasteiger partial charge in [-0.05, 0) is 36.8 Å². The summed E-state index contributed by atoms with van der Waals surface area (Å²) in [6.45, 7) is 8.95.